The van der Waals surface area contributed by atoms with Gasteiger partial charge in [-0.3, -0.25) is 0 Å². The molecule has 0 saturated carbocycles. The second-order valence-electron chi connectivity index (χ2n) is 5.48. The largest absolute Gasteiger partial charge is 0.390 e. The van der Waals surface area contributed by atoms with Gasteiger partial charge in [-0.15, -0.1) is 0 Å². The van der Waals surface area contributed by atoms with E-state index < -0.39 is 15.4 Å². The molecule has 1 aromatic carbocycles. The van der Waals surface area contributed by atoms with Crippen LogP contribution in [0.2, 0.25) is 0 Å². The number of benzene rings is 1. The maximum absolute atomic E-state index is 12.0. The lowest BCUT2D eigenvalue weighted by molar-refractivity contribution is 0.0651. The van der Waals surface area contributed by atoms with Crippen molar-refractivity contribution in [3.05, 3.63) is 29.3 Å². The van der Waals surface area contributed by atoms with E-state index in [1.807, 2.05) is 13.0 Å². The van der Waals surface area contributed by atoms with Crippen LogP contribution in [0.1, 0.15) is 37.3 Å². The van der Waals surface area contributed by atoms with Crippen LogP contribution in [-0.2, 0) is 9.84 Å². The summed E-state index contributed by atoms with van der Waals surface area (Å²) in [6.07, 6.45) is 0.476. The highest BCUT2D eigenvalue weighted by atomic mass is 32.2. The van der Waals surface area contributed by atoms with Crippen molar-refractivity contribution in [2.24, 2.45) is 0 Å². The summed E-state index contributed by atoms with van der Waals surface area (Å²) in [7, 11) is -3.16. The SMILES string of the molecule is Cc1cccc2c1C(CC(C)(C)O)CS2(=O)=O. The first-order valence-corrected chi connectivity index (χ1v) is 7.40. The Bertz CT molecular complexity index is 538. The Kier molecular flexibility index (Phi) is 2.83. The van der Waals surface area contributed by atoms with Gasteiger partial charge < -0.3 is 5.11 Å². The van der Waals surface area contributed by atoms with Crippen LogP contribution in [0.5, 0.6) is 0 Å². The summed E-state index contributed by atoms with van der Waals surface area (Å²) in [4.78, 5) is 0.451. The highest BCUT2D eigenvalue weighted by Gasteiger charge is 2.37. The van der Waals surface area contributed by atoms with Crippen molar-refractivity contribution >= 4 is 9.84 Å². The lowest BCUT2D eigenvalue weighted by Crippen LogP contribution is -2.23. The second kappa shape index (κ2) is 3.82. The highest BCUT2D eigenvalue weighted by Crippen LogP contribution is 2.40. The fourth-order valence-electron chi connectivity index (χ4n) is 2.65. The Morgan fingerprint density at radius 1 is 1.41 bits per heavy atom. The highest BCUT2D eigenvalue weighted by molar-refractivity contribution is 7.91. The van der Waals surface area contributed by atoms with E-state index in [0.717, 1.165) is 11.1 Å². The molecule has 1 aliphatic heterocycles. The van der Waals surface area contributed by atoms with Crippen LogP contribution in [0.3, 0.4) is 0 Å². The predicted molar refractivity (Wildman–Crippen MR) is 66.9 cm³/mol. The van der Waals surface area contributed by atoms with Crippen molar-refractivity contribution in [2.45, 2.75) is 43.6 Å². The Morgan fingerprint density at radius 2 is 2.06 bits per heavy atom. The molecule has 2 rings (SSSR count). The molecular formula is C13H18O3S. The van der Waals surface area contributed by atoms with E-state index >= 15 is 0 Å². The Balaban J connectivity index is 2.51. The molecule has 0 radical (unpaired) electrons. The number of fused-ring (bicyclic) bond motifs is 1. The summed E-state index contributed by atoms with van der Waals surface area (Å²) < 4.78 is 24.0. The van der Waals surface area contributed by atoms with E-state index in [1.165, 1.54) is 0 Å². The first-order chi connectivity index (χ1) is 7.71. The summed E-state index contributed by atoms with van der Waals surface area (Å²) in [5.74, 6) is 0.0353. The van der Waals surface area contributed by atoms with E-state index in [-0.39, 0.29) is 11.7 Å². The van der Waals surface area contributed by atoms with Crippen LogP contribution >= 0.6 is 0 Å². The molecule has 0 bridgehead atoms. The molecule has 94 valence electrons. The Morgan fingerprint density at radius 3 is 2.65 bits per heavy atom. The van der Waals surface area contributed by atoms with Crippen LogP contribution in [0.4, 0.5) is 0 Å². The van der Waals surface area contributed by atoms with E-state index in [0.29, 0.717) is 11.3 Å². The second-order valence-corrected chi connectivity index (χ2v) is 7.48. The minimum Gasteiger partial charge on any atom is -0.390 e. The number of aliphatic hydroxyl groups is 1. The molecule has 0 aliphatic carbocycles. The molecule has 0 fully saturated rings. The van der Waals surface area contributed by atoms with Gasteiger partial charge in [0.05, 0.1) is 16.2 Å². The zero-order chi connectivity index (χ0) is 12.8. The monoisotopic (exact) mass is 254 g/mol. The molecule has 1 N–H and O–H groups in total. The first kappa shape index (κ1) is 12.6. The number of rotatable bonds is 2. The molecule has 17 heavy (non-hydrogen) atoms. The van der Waals surface area contributed by atoms with Gasteiger partial charge in [0.1, 0.15) is 0 Å². The number of hydrogen-bond acceptors (Lipinski definition) is 3. The third-order valence-electron chi connectivity index (χ3n) is 3.19. The topological polar surface area (TPSA) is 54.4 Å². The third kappa shape index (κ3) is 2.38. The first-order valence-electron chi connectivity index (χ1n) is 5.75. The van der Waals surface area contributed by atoms with Crippen molar-refractivity contribution in [3.8, 4) is 0 Å². The van der Waals surface area contributed by atoms with Crippen molar-refractivity contribution in [2.75, 3.05) is 5.75 Å². The van der Waals surface area contributed by atoms with Crippen LogP contribution < -0.4 is 0 Å². The molecule has 1 heterocycles. The molecule has 0 amide bonds. The van der Waals surface area contributed by atoms with Crippen LogP contribution in [0, 0.1) is 6.92 Å². The van der Waals surface area contributed by atoms with Gasteiger partial charge >= 0.3 is 0 Å². The van der Waals surface area contributed by atoms with Crippen LogP contribution in [0.15, 0.2) is 23.1 Å². The molecule has 0 saturated heterocycles. The fourth-order valence-corrected chi connectivity index (χ4v) is 4.59. The van der Waals surface area contributed by atoms with Gasteiger partial charge in [0, 0.05) is 5.92 Å². The van der Waals surface area contributed by atoms with Crippen molar-refractivity contribution in [1.29, 1.82) is 0 Å². The van der Waals surface area contributed by atoms with E-state index in [9.17, 15) is 13.5 Å². The Labute approximate surface area is 102 Å². The number of aryl methyl sites for hydroxylation is 1. The van der Waals surface area contributed by atoms with Crippen molar-refractivity contribution < 1.29 is 13.5 Å². The van der Waals surface area contributed by atoms with E-state index in [4.69, 9.17) is 0 Å². The summed E-state index contributed by atoms with van der Waals surface area (Å²) in [5.41, 5.74) is 1.05. The van der Waals surface area contributed by atoms with Gasteiger partial charge in [-0.1, -0.05) is 12.1 Å². The standard InChI is InChI=1S/C13H18O3S/c1-9-5-4-6-11-12(9)10(7-13(2,3)14)8-17(11,15)16/h4-6,10,14H,7-8H2,1-3H3. The number of sulfone groups is 1. The van der Waals surface area contributed by atoms with Gasteiger partial charge in [0.2, 0.25) is 0 Å². The average Bonchev–Trinajstić information content (AvgIpc) is 2.36. The average molecular weight is 254 g/mol. The number of hydrogen-bond donors (Lipinski definition) is 1. The van der Waals surface area contributed by atoms with E-state index in [1.54, 1.807) is 26.0 Å². The zero-order valence-corrected chi connectivity index (χ0v) is 11.2. The van der Waals surface area contributed by atoms with Gasteiger partial charge in [0.25, 0.3) is 0 Å². The van der Waals surface area contributed by atoms with Gasteiger partial charge in [-0.2, -0.15) is 0 Å². The van der Waals surface area contributed by atoms with Crippen LogP contribution in [0.25, 0.3) is 0 Å². The maximum atomic E-state index is 12.0. The summed E-state index contributed by atoms with van der Waals surface area (Å²) in [5, 5.41) is 9.87. The smallest absolute Gasteiger partial charge is 0.179 e. The molecule has 0 spiro atoms. The molecular weight excluding hydrogens is 236 g/mol. The van der Waals surface area contributed by atoms with Gasteiger partial charge in [0.15, 0.2) is 9.84 Å². The predicted octanol–water partition coefficient (Wildman–Crippen LogP) is 2.03. The Hall–Kier alpha value is -0.870. The zero-order valence-electron chi connectivity index (χ0n) is 10.4. The molecule has 3 nitrogen and oxygen atoms in total. The molecule has 1 unspecified atom stereocenters. The van der Waals surface area contributed by atoms with Gasteiger partial charge in [-0.05, 0) is 44.4 Å². The minimum absolute atomic E-state index is 0.0869. The quantitative estimate of drug-likeness (QED) is 0.878. The van der Waals surface area contributed by atoms with Gasteiger partial charge in [-0.25, -0.2) is 8.42 Å². The maximum Gasteiger partial charge on any atom is 0.179 e. The summed E-state index contributed by atoms with van der Waals surface area (Å²) in [6, 6.07) is 5.37. The summed E-state index contributed by atoms with van der Waals surface area (Å²) in [6.45, 7) is 5.36. The third-order valence-corrected chi connectivity index (χ3v) is 5.06. The lowest BCUT2D eigenvalue weighted by Gasteiger charge is -2.22. The van der Waals surface area contributed by atoms with Crippen molar-refractivity contribution in [3.63, 3.8) is 0 Å². The molecule has 4 heteroatoms. The molecule has 1 aliphatic rings. The molecule has 1 atom stereocenters. The fraction of sp³-hybridized carbons (Fsp3) is 0.538. The molecule has 1 aromatic rings. The van der Waals surface area contributed by atoms with Crippen LogP contribution in [-0.4, -0.2) is 24.9 Å². The molecule has 0 aromatic heterocycles. The minimum atomic E-state index is -3.16. The van der Waals surface area contributed by atoms with Crippen molar-refractivity contribution in [1.82, 2.24) is 0 Å². The van der Waals surface area contributed by atoms with E-state index in [2.05, 4.69) is 0 Å². The summed E-state index contributed by atoms with van der Waals surface area (Å²) >= 11 is 0. The lowest BCUT2D eigenvalue weighted by atomic mass is 9.87. The normalized spacial score (nSPS) is 22.5.